The van der Waals surface area contributed by atoms with Crippen LogP contribution in [0.25, 0.3) is 0 Å². The third-order valence-electron chi connectivity index (χ3n) is 3.53. The summed E-state index contributed by atoms with van der Waals surface area (Å²) in [6, 6.07) is 3.99. The van der Waals surface area contributed by atoms with Crippen LogP contribution in [0, 0.1) is 5.92 Å². The summed E-state index contributed by atoms with van der Waals surface area (Å²) in [6.07, 6.45) is 0.0247. The molecule has 0 bridgehead atoms. The number of amides is 1. The van der Waals surface area contributed by atoms with Gasteiger partial charge >= 0.3 is 0 Å². The van der Waals surface area contributed by atoms with E-state index in [9.17, 15) is 4.79 Å². The van der Waals surface area contributed by atoms with Crippen LogP contribution in [-0.2, 0) is 9.53 Å². The average Bonchev–Trinajstić information content (AvgIpc) is 2.98. The Morgan fingerprint density at radius 3 is 2.74 bits per heavy atom. The Morgan fingerprint density at radius 2 is 2.21 bits per heavy atom. The first-order valence-electron chi connectivity index (χ1n) is 6.67. The van der Waals surface area contributed by atoms with Gasteiger partial charge in [0, 0.05) is 18.5 Å². The summed E-state index contributed by atoms with van der Waals surface area (Å²) < 4.78 is 5.30. The van der Waals surface area contributed by atoms with E-state index in [1.54, 1.807) is 18.4 Å². The van der Waals surface area contributed by atoms with Gasteiger partial charge in [-0.25, -0.2) is 0 Å². The van der Waals surface area contributed by atoms with Gasteiger partial charge in [-0.15, -0.1) is 11.3 Å². The summed E-state index contributed by atoms with van der Waals surface area (Å²) >= 11 is 1.68. The summed E-state index contributed by atoms with van der Waals surface area (Å²) in [5.41, 5.74) is 0. The minimum Gasteiger partial charge on any atom is -0.380 e. The Kier molecular flexibility index (Phi) is 4.60. The molecule has 0 aromatic carbocycles. The van der Waals surface area contributed by atoms with Gasteiger partial charge in [-0.05, 0) is 24.3 Å². The fraction of sp³-hybridized carbons (Fsp3) is 0.643. The van der Waals surface area contributed by atoms with E-state index in [2.05, 4.69) is 25.2 Å². The second-order valence-electron chi connectivity index (χ2n) is 5.34. The van der Waals surface area contributed by atoms with Crippen molar-refractivity contribution >= 4 is 17.2 Å². The number of hydrogen-bond acceptors (Lipinski definition) is 4. The van der Waals surface area contributed by atoms with Gasteiger partial charge in [0.2, 0.25) is 5.91 Å². The highest BCUT2D eigenvalue weighted by atomic mass is 32.1. The quantitative estimate of drug-likeness (QED) is 0.900. The molecular weight excluding hydrogens is 260 g/mol. The number of rotatable bonds is 5. The lowest BCUT2D eigenvalue weighted by molar-refractivity contribution is -0.132. The number of carbonyl (C=O) groups excluding carboxylic acids is 1. The standard InChI is InChI=1S/C14H22N2O2S/c1-9(2)12-14(17)16(8-10(3)18-4)13(15-12)11-6-5-7-19-11/h5-7,9-10,12-13,15H,8H2,1-4H3. The molecule has 1 aromatic rings. The van der Waals surface area contributed by atoms with Crippen LogP contribution in [-0.4, -0.2) is 36.6 Å². The average molecular weight is 282 g/mol. The van der Waals surface area contributed by atoms with Crippen molar-refractivity contribution in [2.75, 3.05) is 13.7 Å². The Balaban J connectivity index is 2.21. The summed E-state index contributed by atoms with van der Waals surface area (Å²) in [6.45, 7) is 6.75. The van der Waals surface area contributed by atoms with Gasteiger partial charge in [0.25, 0.3) is 0 Å². The lowest BCUT2D eigenvalue weighted by atomic mass is 10.1. The van der Waals surface area contributed by atoms with E-state index in [1.165, 1.54) is 4.88 Å². The lowest BCUT2D eigenvalue weighted by Crippen LogP contribution is -2.38. The van der Waals surface area contributed by atoms with E-state index in [0.29, 0.717) is 6.54 Å². The molecule has 1 aliphatic rings. The van der Waals surface area contributed by atoms with E-state index in [-0.39, 0.29) is 30.1 Å². The molecule has 1 saturated heterocycles. The molecule has 1 aromatic heterocycles. The molecule has 1 aliphatic heterocycles. The maximum absolute atomic E-state index is 12.5. The fourth-order valence-electron chi connectivity index (χ4n) is 2.34. The largest absolute Gasteiger partial charge is 0.380 e. The van der Waals surface area contributed by atoms with Crippen molar-refractivity contribution in [3.8, 4) is 0 Å². The van der Waals surface area contributed by atoms with Gasteiger partial charge in [0.05, 0.1) is 12.1 Å². The summed E-state index contributed by atoms with van der Waals surface area (Å²) in [5, 5.41) is 5.50. The number of nitrogens with one attached hydrogen (secondary N) is 1. The van der Waals surface area contributed by atoms with Crippen LogP contribution in [0.15, 0.2) is 17.5 Å². The number of carbonyl (C=O) groups is 1. The van der Waals surface area contributed by atoms with Crippen molar-refractivity contribution in [2.45, 2.75) is 39.1 Å². The van der Waals surface area contributed by atoms with Crippen LogP contribution in [0.4, 0.5) is 0 Å². The monoisotopic (exact) mass is 282 g/mol. The zero-order valence-corrected chi connectivity index (χ0v) is 12.7. The van der Waals surface area contributed by atoms with Crippen molar-refractivity contribution in [1.29, 1.82) is 0 Å². The molecule has 4 nitrogen and oxygen atoms in total. The van der Waals surface area contributed by atoms with E-state index in [1.807, 2.05) is 23.3 Å². The van der Waals surface area contributed by atoms with Gasteiger partial charge in [-0.1, -0.05) is 19.9 Å². The smallest absolute Gasteiger partial charge is 0.241 e. The van der Waals surface area contributed by atoms with Crippen molar-refractivity contribution in [3.05, 3.63) is 22.4 Å². The number of thiophene rings is 1. The summed E-state index contributed by atoms with van der Waals surface area (Å²) in [5.74, 6) is 0.468. The van der Waals surface area contributed by atoms with Crippen LogP contribution in [0.1, 0.15) is 31.8 Å². The second kappa shape index (κ2) is 6.03. The first-order valence-corrected chi connectivity index (χ1v) is 7.55. The molecule has 1 N–H and O–H groups in total. The summed E-state index contributed by atoms with van der Waals surface area (Å²) in [7, 11) is 1.68. The molecule has 2 rings (SSSR count). The number of nitrogens with zero attached hydrogens (tertiary/aromatic N) is 1. The highest BCUT2D eigenvalue weighted by Gasteiger charge is 2.41. The van der Waals surface area contributed by atoms with Gasteiger partial charge in [-0.3, -0.25) is 10.1 Å². The van der Waals surface area contributed by atoms with Gasteiger partial charge in [0.1, 0.15) is 6.17 Å². The van der Waals surface area contributed by atoms with Crippen molar-refractivity contribution in [2.24, 2.45) is 5.92 Å². The minimum atomic E-state index is -0.101. The Bertz CT molecular complexity index is 419. The Morgan fingerprint density at radius 1 is 1.47 bits per heavy atom. The molecule has 1 fully saturated rings. The van der Waals surface area contributed by atoms with Crippen molar-refractivity contribution < 1.29 is 9.53 Å². The second-order valence-corrected chi connectivity index (χ2v) is 6.32. The normalized spacial score (nSPS) is 25.3. The van der Waals surface area contributed by atoms with Gasteiger partial charge in [0.15, 0.2) is 0 Å². The SMILES string of the molecule is COC(C)CN1C(=O)C(C(C)C)NC1c1cccs1. The van der Waals surface area contributed by atoms with Crippen LogP contribution >= 0.6 is 11.3 Å². The molecule has 0 spiro atoms. The summed E-state index contributed by atoms with van der Waals surface area (Å²) in [4.78, 5) is 15.6. The molecule has 3 unspecified atom stereocenters. The maximum atomic E-state index is 12.5. The molecule has 1 amide bonds. The number of methoxy groups -OCH3 is 1. The Labute approximate surface area is 118 Å². The first-order chi connectivity index (χ1) is 9.04. The number of ether oxygens (including phenoxy) is 1. The van der Waals surface area contributed by atoms with E-state index < -0.39 is 0 Å². The predicted octanol–water partition coefficient (Wildman–Crippen LogP) is 2.24. The molecule has 3 atom stereocenters. The van der Waals surface area contributed by atoms with Crippen LogP contribution in [0.5, 0.6) is 0 Å². The lowest BCUT2D eigenvalue weighted by Gasteiger charge is -2.25. The molecule has 106 valence electrons. The van der Waals surface area contributed by atoms with Crippen LogP contribution in [0.3, 0.4) is 0 Å². The van der Waals surface area contributed by atoms with Gasteiger partial charge in [-0.2, -0.15) is 0 Å². The fourth-order valence-corrected chi connectivity index (χ4v) is 3.14. The highest BCUT2D eigenvalue weighted by molar-refractivity contribution is 7.10. The number of hydrogen-bond donors (Lipinski definition) is 1. The van der Waals surface area contributed by atoms with E-state index in [0.717, 1.165) is 0 Å². The molecule has 0 radical (unpaired) electrons. The molecule has 2 heterocycles. The molecule has 19 heavy (non-hydrogen) atoms. The van der Waals surface area contributed by atoms with E-state index >= 15 is 0 Å². The highest BCUT2D eigenvalue weighted by Crippen LogP contribution is 2.30. The zero-order chi connectivity index (χ0) is 14.0. The topological polar surface area (TPSA) is 41.6 Å². The van der Waals surface area contributed by atoms with Crippen molar-refractivity contribution in [3.63, 3.8) is 0 Å². The zero-order valence-electron chi connectivity index (χ0n) is 11.9. The molecule has 0 aliphatic carbocycles. The van der Waals surface area contributed by atoms with E-state index in [4.69, 9.17) is 4.74 Å². The van der Waals surface area contributed by atoms with Crippen LogP contribution < -0.4 is 5.32 Å². The molecule has 0 saturated carbocycles. The Hall–Kier alpha value is -0.910. The van der Waals surface area contributed by atoms with Crippen LogP contribution in [0.2, 0.25) is 0 Å². The third-order valence-corrected chi connectivity index (χ3v) is 4.46. The first kappa shape index (κ1) is 14.5. The molecule has 5 heteroatoms. The third kappa shape index (κ3) is 2.99. The maximum Gasteiger partial charge on any atom is 0.241 e. The minimum absolute atomic E-state index is 0.0162. The van der Waals surface area contributed by atoms with Gasteiger partial charge < -0.3 is 9.64 Å². The predicted molar refractivity (Wildman–Crippen MR) is 77.0 cm³/mol. The molecular formula is C14H22N2O2S. The van der Waals surface area contributed by atoms with Crippen molar-refractivity contribution in [1.82, 2.24) is 10.2 Å².